The van der Waals surface area contributed by atoms with Crippen LogP contribution in [0.2, 0.25) is 0 Å². The lowest BCUT2D eigenvalue weighted by molar-refractivity contribution is 0.0693. The number of phenols is 2. The molecule has 3 N–H and O–H groups in total. The Labute approximate surface area is 85.6 Å². The van der Waals surface area contributed by atoms with Gasteiger partial charge in [-0.05, 0) is 25.5 Å². The van der Waals surface area contributed by atoms with Crippen molar-refractivity contribution in [3.05, 3.63) is 22.8 Å². The van der Waals surface area contributed by atoms with Gasteiger partial charge in [0, 0.05) is 0 Å². The summed E-state index contributed by atoms with van der Waals surface area (Å²) in [6.07, 6.45) is 0. The van der Waals surface area contributed by atoms with Gasteiger partial charge in [0.25, 0.3) is 0 Å². The highest BCUT2D eigenvalue weighted by Gasteiger charge is 2.22. The van der Waals surface area contributed by atoms with Gasteiger partial charge in [0.05, 0.1) is 0 Å². The van der Waals surface area contributed by atoms with Crippen LogP contribution in [-0.2, 0) is 0 Å². The SMILES string of the molecule is CC(=O)c1c(O)cc(C)c(C(=O)O)c1O. The van der Waals surface area contributed by atoms with E-state index in [9.17, 15) is 19.8 Å². The number of Topliss-reactive ketones (excluding diaryl/α,β-unsaturated/α-hetero) is 1. The molecule has 0 aliphatic heterocycles. The summed E-state index contributed by atoms with van der Waals surface area (Å²) in [6, 6.07) is 1.14. The minimum absolute atomic E-state index is 0.197. The van der Waals surface area contributed by atoms with Crippen LogP contribution in [0.4, 0.5) is 0 Å². The van der Waals surface area contributed by atoms with Crippen molar-refractivity contribution in [2.45, 2.75) is 13.8 Å². The first-order valence-corrected chi connectivity index (χ1v) is 4.16. The van der Waals surface area contributed by atoms with Gasteiger partial charge in [0.15, 0.2) is 5.78 Å². The third-order valence-electron chi connectivity index (χ3n) is 2.04. The van der Waals surface area contributed by atoms with Crippen LogP contribution in [0.3, 0.4) is 0 Å². The third-order valence-corrected chi connectivity index (χ3v) is 2.04. The third kappa shape index (κ3) is 1.76. The number of carboxylic acids is 1. The summed E-state index contributed by atoms with van der Waals surface area (Å²) in [4.78, 5) is 21.8. The summed E-state index contributed by atoms with van der Waals surface area (Å²) in [5, 5.41) is 27.7. The number of benzene rings is 1. The highest BCUT2D eigenvalue weighted by atomic mass is 16.4. The average Bonchev–Trinajstić information content (AvgIpc) is 1.99. The van der Waals surface area contributed by atoms with Crippen molar-refractivity contribution >= 4 is 11.8 Å². The fourth-order valence-corrected chi connectivity index (χ4v) is 1.40. The Morgan fingerprint density at radius 1 is 1.20 bits per heavy atom. The van der Waals surface area contributed by atoms with E-state index < -0.39 is 23.3 Å². The van der Waals surface area contributed by atoms with Gasteiger partial charge in [-0.1, -0.05) is 0 Å². The summed E-state index contributed by atoms with van der Waals surface area (Å²) < 4.78 is 0. The van der Waals surface area contributed by atoms with E-state index in [4.69, 9.17) is 5.11 Å². The molecule has 0 aliphatic rings. The number of rotatable bonds is 2. The van der Waals surface area contributed by atoms with E-state index in [1.807, 2.05) is 0 Å². The minimum atomic E-state index is -1.34. The molecule has 0 amide bonds. The van der Waals surface area contributed by atoms with E-state index in [1.165, 1.54) is 6.92 Å². The number of ketones is 1. The molecule has 80 valence electrons. The largest absolute Gasteiger partial charge is 0.507 e. The van der Waals surface area contributed by atoms with Crippen molar-refractivity contribution < 1.29 is 24.9 Å². The van der Waals surface area contributed by atoms with Crippen molar-refractivity contribution in [1.29, 1.82) is 0 Å². The van der Waals surface area contributed by atoms with E-state index >= 15 is 0 Å². The quantitative estimate of drug-likeness (QED) is 0.639. The first-order chi connectivity index (χ1) is 6.86. The highest BCUT2D eigenvalue weighted by molar-refractivity contribution is 6.04. The lowest BCUT2D eigenvalue weighted by Gasteiger charge is -2.09. The average molecular weight is 210 g/mol. The molecule has 0 fully saturated rings. The summed E-state index contributed by atoms with van der Waals surface area (Å²) in [6.45, 7) is 2.56. The van der Waals surface area contributed by atoms with Crippen LogP contribution in [0.5, 0.6) is 11.5 Å². The van der Waals surface area contributed by atoms with Crippen LogP contribution in [0, 0.1) is 6.92 Å². The van der Waals surface area contributed by atoms with Crippen LogP contribution in [0.25, 0.3) is 0 Å². The van der Waals surface area contributed by atoms with Crippen molar-refractivity contribution in [3.8, 4) is 11.5 Å². The lowest BCUT2D eigenvalue weighted by Crippen LogP contribution is -2.05. The maximum atomic E-state index is 11.1. The Morgan fingerprint density at radius 2 is 1.73 bits per heavy atom. The van der Waals surface area contributed by atoms with Gasteiger partial charge in [0.1, 0.15) is 22.6 Å². The Bertz CT molecular complexity index is 409. The second-order valence-electron chi connectivity index (χ2n) is 3.17. The van der Waals surface area contributed by atoms with Gasteiger partial charge in [-0.2, -0.15) is 0 Å². The van der Waals surface area contributed by atoms with E-state index in [-0.39, 0.29) is 16.7 Å². The molecule has 5 nitrogen and oxygen atoms in total. The van der Waals surface area contributed by atoms with E-state index in [1.54, 1.807) is 0 Å². The molecule has 0 aromatic heterocycles. The molecule has 15 heavy (non-hydrogen) atoms. The fourth-order valence-electron chi connectivity index (χ4n) is 1.40. The lowest BCUT2D eigenvalue weighted by atomic mass is 10.00. The number of carboxylic acid groups (broad SMARTS) is 1. The molecule has 1 rings (SSSR count). The number of aryl methyl sites for hydroxylation is 1. The summed E-state index contributed by atoms with van der Waals surface area (Å²) >= 11 is 0. The smallest absolute Gasteiger partial charge is 0.339 e. The van der Waals surface area contributed by atoms with Gasteiger partial charge in [-0.3, -0.25) is 4.79 Å². The Hall–Kier alpha value is -2.04. The Kier molecular flexibility index (Phi) is 2.65. The second kappa shape index (κ2) is 3.61. The second-order valence-corrected chi connectivity index (χ2v) is 3.17. The predicted molar refractivity (Wildman–Crippen MR) is 51.5 cm³/mol. The molecule has 0 heterocycles. The van der Waals surface area contributed by atoms with Crippen LogP contribution in [0.1, 0.15) is 33.2 Å². The van der Waals surface area contributed by atoms with Crippen molar-refractivity contribution in [2.75, 3.05) is 0 Å². The molecule has 0 saturated carbocycles. The molecule has 1 aromatic carbocycles. The van der Waals surface area contributed by atoms with E-state index in [0.717, 1.165) is 13.0 Å². The molecule has 0 atom stereocenters. The number of aromatic carboxylic acids is 1. The molecule has 0 aliphatic carbocycles. The molecule has 0 spiro atoms. The highest BCUT2D eigenvalue weighted by Crippen LogP contribution is 2.33. The fraction of sp³-hybridized carbons (Fsp3) is 0.200. The molecule has 0 unspecified atom stereocenters. The number of hydrogen-bond donors (Lipinski definition) is 3. The van der Waals surface area contributed by atoms with Crippen molar-refractivity contribution in [3.63, 3.8) is 0 Å². The molecule has 1 aromatic rings. The zero-order valence-electron chi connectivity index (χ0n) is 8.24. The normalized spacial score (nSPS) is 10.0. The van der Waals surface area contributed by atoms with Crippen LogP contribution in [0.15, 0.2) is 6.07 Å². The Balaban J connectivity index is 3.64. The number of phenolic OH excluding ortho intramolecular Hbond substituents is 1. The molecular formula is C10H10O5. The topological polar surface area (TPSA) is 94.8 Å². The van der Waals surface area contributed by atoms with Crippen molar-refractivity contribution in [1.82, 2.24) is 0 Å². The van der Waals surface area contributed by atoms with Crippen molar-refractivity contribution in [2.24, 2.45) is 0 Å². The summed E-state index contributed by atoms with van der Waals surface area (Å²) in [7, 11) is 0. The maximum absolute atomic E-state index is 11.1. The zero-order valence-corrected chi connectivity index (χ0v) is 8.24. The first kappa shape index (κ1) is 11.0. The molecular weight excluding hydrogens is 200 g/mol. The zero-order chi connectivity index (χ0) is 11.7. The van der Waals surface area contributed by atoms with E-state index in [0.29, 0.717) is 0 Å². The van der Waals surface area contributed by atoms with Crippen LogP contribution >= 0.6 is 0 Å². The van der Waals surface area contributed by atoms with Gasteiger partial charge in [-0.15, -0.1) is 0 Å². The monoisotopic (exact) mass is 210 g/mol. The summed E-state index contributed by atoms with van der Waals surface area (Å²) in [5.41, 5.74) is -0.529. The molecule has 5 heteroatoms. The van der Waals surface area contributed by atoms with Crippen LogP contribution < -0.4 is 0 Å². The van der Waals surface area contributed by atoms with Gasteiger partial charge in [-0.25, -0.2) is 4.79 Å². The molecule has 0 bridgehead atoms. The van der Waals surface area contributed by atoms with Gasteiger partial charge >= 0.3 is 5.97 Å². The number of aromatic hydroxyl groups is 2. The molecule has 0 radical (unpaired) electrons. The first-order valence-electron chi connectivity index (χ1n) is 4.16. The number of hydrogen-bond acceptors (Lipinski definition) is 4. The standard InChI is InChI=1S/C10H10O5/c1-4-3-6(12)8(5(2)11)9(13)7(4)10(14)15/h3,12-13H,1-2H3,(H,14,15). The number of carbonyl (C=O) groups excluding carboxylic acids is 1. The Morgan fingerprint density at radius 3 is 2.13 bits per heavy atom. The van der Waals surface area contributed by atoms with Crippen LogP contribution in [-0.4, -0.2) is 27.1 Å². The summed E-state index contributed by atoms with van der Waals surface area (Å²) in [5.74, 6) is -3.03. The number of carbonyl (C=O) groups is 2. The van der Waals surface area contributed by atoms with Gasteiger partial charge in [0.2, 0.25) is 0 Å². The minimum Gasteiger partial charge on any atom is -0.507 e. The molecule has 0 saturated heterocycles. The predicted octanol–water partition coefficient (Wildman–Crippen LogP) is 1.31. The maximum Gasteiger partial charge on any atom is 0.339 e. The van der Waals surface area contributed by atoms with Gasteiger partial charge < -0.3 is 15.3 Å². The van der Waals surface area contributed by atoms with E-state index in [2.05, 4.69) is 0 Å².